The van der Waals surface area contributed by atoms with Crippen molar-refractivity contribution in [2.75, 3.05) is 12.4 Å². The summed E-state index contributed by atoms with van der Waals surface area (Å²) in [5.74, 6) is -0.378. The number of fused-ring (bicyclic) bond motifs is 2. The number of anilines is 1. The van der Waals surface area contributed by atoms with Crippen LogP contribution >= 0.6 is 0 Å². The lowest BCUT2D eigenvalue weighted by Crippen LogP contribution is -2.40. The minimum atomic E-state index is -0.567. The van der Waals surface area contributed by atoms with E-state index in [1.165, 1.54) is 25.6 Å². The monoisotopic (exact) mass is 392 g/mol. The smallest absolute Gasteiger partial charge is 0.261 e. The van der Waals surface area contributed by atoms with Crippen molar-refractivity contribution in [1.29, 1.82) is 0 Å². The highest BCUT2D eigenvalue weighted by Gasteiger charge is 2.42. The SMILES string of the molecule is CN1C(=O)c2ccc(C(=O)Nc3ccc4c(c3)OC3(CCCCC3)O4)cc2C1=O. The average molecular weight is 392 g/mol. The van der Waals surface area contributed by atoms with E-state index in [2.05, 4.69) is 5.32 Å². The van der Waals surface area contributed by atoms with E-state index in [-0.39, 0.29) is 17.4 Å². The number of ether oxygens (including phenoxy) is 2. The normalized spacial score (nSPS) is 18.9. The third kappa shape index (κ3) is 2.85. The van der Waals surface area contributed by atoms with Crippen molar-refractivity contribution in [2.45, 2.75) is 37.9 Å². The largest absolute Gasteiger partial charge is 0.448 e. The summed E-state index contributed by atoms with van der Waals surface area (Å²) in [4.78, 5) is 37.9. The van der Waals surface area contributed by atoms with Gasteiger partial charge in [0.1, 0.15) is 0 Å². The van der Waals surface area contributed by atoms with Gasteiger partial charge in [-0.05, 0) is 43.2 Å². The number of imide groups is 1. The molecule has 1 fully saturated rings. The van der Waals surface area contributed by atoms with E-state index >= 15 is 0 Å². The summed E-state index contributed by atoms with van der Waals surface area (Å²) >= 11 is 0. The number of nitrogens with zero attached hydrogens (tertiary/aromatic N) is 1. The zero-order valence-corrected chi connectivity index (χ0v) is 16.0. The highest BCUT2D eigenvalue weighted by molar-refractivity contribution is 6.22. The lowest BCUT2D eigenvalue weighted by molar-refractivity contribution is -0.105. The van der Waals surface area contributed by atoms with Gasteiger partial charge in [0.05, 0.1) is 11.1 Å². The van der Waals surface area contributed by atoms with Crippen LogP contribution in [0.2, 0.25) is 0 Å². The third-order valence-corrected chi connectivity index (χ3v) is 5.76. The molecule has 3 amide bonds. The summed E-state index contributed by atoms with van der Waals surface area (Å²) in [6.07, 6.45) is 5.06. The van der Waals surface area contributed by atoms with Gasteiger partial charge >= 0.3 is 0 Å². The quantitative estimate of drug-likeness (QED) is 0.790. The van der Waals surface area contributed by atoms with E-state index < -0.39 is 11.7 Å². The van der Waals surface area contributed by atoms with E-state index in [1.807, 2.05) is 0 Å². The molecule has 0 atom stereocenters. The molecule has 7 heteroatoms. The minimum Gasteiger partial charge on any atom is -0.448 e. The Morgan fingerprint density at radius 3 is 2.45 bits per heavy atom. The van der Waals surface area contributed by atoms with Gasteiger partial charge in [-0.1, -0.05) is 6.42 Å². The van der Waals surface area contributed by atoms with Crippen LogP contribution in [0.1, 0.15) is 63.2 Å². The number of carbonyl (C=O) groups is 3. The van der Waals surface area contributed by atoms with Crippen LogP contribution in [0.25, 0.3) is 0 Å². The molecule has 2 aliphatic heterocycles. The standard InChI is InChI=1S/C22H20N2O5/c1-24-20(26)15-7-5-13(11-16(15)21(24)27)19(25)23-14-6-8-17-18(12-14)29-22(28-17)9-3-2-4-10-22/h5-8,11-12H,2-4,9-10H2,1H3,(H,23,25). The van der Waals surface area contributed by atoms with Gasteiger partial charge in [-0.15, -0.1) is 0 Å². The van der Waals surface area contributed by atoms with Gasteiger partial charge in [-0.2, -0.15) is 0 Å². The number of carbonyl (C=O) groups excluding carboxylic acids is 3. The molecular weight excluding hydrogens is 372 g/mol. The Bertz CT molecular complexity index is 1060. The molecule has 0 unspecified atom stereocenters. The molecule has 29 heavy (non-hydrogen) atoms. The Kier molecular flexibility index (Phi) is 3.87. The molecule has 1 aliphatic carbocycles. The topological polar surface area (TPSA) is 84.9 Å². The number of amides is 3. The predicted molar refractivity (Wildman–Crippen MR) is 104 cm³/mol. The van der Waals surface area contributed by atoms with Crippen molar-refractivity contribution < 1.29 is 23.9 Å². The first-order chi connectivity index (χ1) is 14.0. The highest BCUT2D eigenvalue weighted by Crippen LogP contribution is 2.46. The molecule has 148 valence electrons. The molecule has 1 spiro atoms. The Morgan fingerprint density at radius 1 is 0.931 bits per heavy atom. The fourth-order valence-corrected chi connectivity index (χ4v) is 4.17. The summed E-state index contributed by atoms with van der Waals surface area (Å²) in [6, 6.07) is 9.83. The molecule has 2 aromatic rings. The Labute approximate surface area is 167 Å². The molecule has 3 aliphatic rings. The van der Waals surface area contributed by atoms with Crippen LogP contribution < -0.4 is 14.8 Å². The summed E-state index contributed by atoms with van der Waals surface area (Å²) in [5, 5.41) is 2.82. The van der Waals surface area contributed by atoms with Crippen LogP contribution in [0.5, 0.6) is 11.5 Å². The van der Waals surface area contributed by atoms with Gasteiger partial charge < -0.3 is 14.8 Å². The van der Waals surface area contributed by atoms with Gasteiger partial charge in [-0.3, -0.25) is 19.3 Å². The lowest BCUT2D eigenvalue weighted by atomic mass is 9.94. The number of rotatable bonds is 2. The first kappa shape index (κ1) is 17.7. The third-order valence-electron chi connectivity index (χ3n) is 5.76. The number of nitrogens with one attached hydrogen (secondary N) is 1. The van der Waals surface area contributed by atoms with Gasteiger partial charge in [0.25, 0.3) is 23.5 Å². The Morgan fingerprint density at radius 2 is 1.66 bits per heavy atom. The minimum absolute atomic E-state index is 0.245. The van der Waals surface area contributed by atoms with Crippen molar-refractivity contribution in [2.24, 2.45) is 0 Å². The van der Waals surface area contributed by atoms with Crippen LogP contribution in [-0.2, 0) is 0 Å². The van der Waals surface area contributed by atoms with Crippen molar-refractivity contribution in [3.8, 4) is 11.5 Å². The fraction of sp³-hybridized carbons (Fsp3) is 0.318. The lowest BCUT2D eigenvalue weighted by Gasteiger charge is -2.31. The van der Waals surface area contributed by atoms with Crippen LogP contribution in [-0.4, -0.2) is 35.5 Å². The zero-order chi connectivity index (χ0) is 20.2. The number of hydrogen-bond donors (Lipinski definition) is 1. The summed E-state index contributed by atoms with van der Waals surface area (Å²) in [5.41, 5.74) is 1.44. The van der Waals surface area contributed by atoms with Gasteiger partial charge in [0, 0.05) is 37.2 Å². The Hall–Kier alpha value is -3.35. The fourth-order valence-electron chi connectivity index (χ4n) is 4.17. The molecule has 0 saturated heterocycles. The van der Waals surface area contributed by atoms with E-state index in [1.54, 1.807) is 24.3 Å². The first-order valence-corrected chi connectivity index (χ1v) is 9.76. The van der Waals surface area contributed by atoms with Crippen LogP contribution in [0.4, 0.5) is 5.69 Å². The first-order valence-electron chi connectivity index (χ1n) is 9.76. The van der Waals surface area contributed by atoms with Crippen LogP contribution in [0.15, 0.2) is 36.4 Å². The summed E-state index contributed by atoms with van der Waals surface area (Å²) in [6.45, 7) is 0. The summed E-state index contributed by atoms with van der Waals surface area (Å²) in [7, 11) is 1.43. The van der Waals surface area contributed by atoms with Crippen LogP contribution in [0, 0.1) is 0 Å². The zero-order valence-electron chi connectivity index (χ0n) is 16.0. The molecule has 0 radical (unpaired) electrons. The van der Waals surface area contributed by atoms with Crippen molar-refractivity contribution in [3.63, 3.8) is 0 Å². The van der Waals surface area contributed by atoms with Crippen molar-refractivity contribution in [1.82, 2.24) is 4.90 Å². The number of benzene rings is 2. The number of hydrogen-bond acceptors (Lipinski definition) is 5. The maximum atomic E-state index is 12.7. The van der Waals surface area contributed by atoms with Gasteiger partial charge in [0.15, 0.2) is 11.5 Å². The Balaban J connectivity index is 1.35. The average Bonchev–Trinajstić information content (AvgIpc) is 3.18. The van der Waals surface area contributed by atoms with Gasteiger partial charge in [-0.25, -0.2) is 0 Å². The van der Waals surface area contributed by atoms with E-state index in [0.717, 1.165) is 30.6 Å². The second-order valence-electron chi connectivity index (χ2n) is 7.72. The van der Waals surface area contributed by atoms with E-state index in [0.29, 0.717) is 28.3 Å². The van der Waals surface area contributed by atoms with Crippen molar-refractivity contribution >= 4 is 23.4 Å². The predicted octanol–water partition coefficient (Wildman–Crippen LogP) is 3.60. The molecule has 0 bridgehead atoms. The molecule has 1 saturated carbocycles. The molecule has 2 aromatic carbocycles. The summed E-state index contributed by atoms with van der Waals surface area (Å²) < 4.78 is 12.2. The van der Waals surface area contributed by atoms with E-state index in [4.69, 9.17) is 9.47 Å². The molecule has 1 N–H and O–H groups in total. The second kappa shape index (κ2) is 6.34. The molecule has 7 nitrogen and oxygen atoms in total. The maximum absolute atomic E-state index is 12.7. The molecule has 2 heterocycles. The molecule has 0 aromatic heterocycles. The van der Waals surface area contributed by atoms with Crippen LogP contribution in [0.3, 0.4) is 0 Å². The molecule has 5 rings (SSSR count). The second-order valence-corrected chi connectivity index (χ2v) is 7.72. The van der Waals surface area contributed by atoms with Crippen molar-refractivity contribution in [3.05, 3.63) is 53.1 Å². The highest BCUT2D eigenvalue weighted by atomic mass is 16.7. The van der Waals surface area contributed by atoms with E-state index in [9.17, 15) is 14.4 Å². The maximum Gasteiger partial charge on any atom is 0.261 e. The van der Waals surface area contributed by atoms with Gasteiger partial charge in [0.2, 0.25) is 0 Å². The molecular formula is C22H20N2O5.